The van der Waals surface area contributed by atoms with E-state index >= 15 is 0 Å². The van der Waals surface area contributed by atoms with Gasteiger partial charge in [0.05, 0.1) is 32.0 Å². The van der Waals surface area contributed by atoms with Crippen LogP contribution in [0.25, 0.3) is 0 Å². The molecule has 4 atom stereocenters. The van der Waals surface area contributed by atoms with Crippen LogP contribution in [0.2, 0.25) is 0 Å². The monoisotopic (exact) mass is 596 g/mol. The smallest absolute Gasteiger partial charge is 0.276 e. The van der Waals surface area contributed by atoms with Crippen LogP contribution in [0.4, 0.5) is 22.0 Å². The Bertz CT molecular complexity index is 1120. The zero-order chi connectivity index (χ0) is 30.1. The maximum atomic E-state index is 15.0. The van der Waals surface area contributed by atoms with Gasteiger partial charge in [0.25, 0.3) is 5.92 Å². The highest BCUT2D eigenvalue weighted by molar-refractivity contribution is 5.34. The Hall–Kier alpha value is -2.19. The normalized spacial score (nSPS) is 23.2. The fraction of sp³-hybridized carbons (Fsp3) is 0.647. The molecule has 2 fully saturated rings. The highest BCUT2D eigenvalue weighted by Gasteiger charge is 2.34. The van der Waals surface area contributed by atoms with Crippen LogP contribution in [-0.4, -0.2) is 32.0 Å². The lowest BCUT2D eigenvalue weighted by molar-refractivity contribution is -0.0250. The Morgan fingerprint density at radius 3 is 2.05 bits per heavy atom. The van der Waals surface area contributed by atoms with Gasteiger partial charge in [-0.25, -0.2) is 17.6 Å². The summed E-state index contributed by atoms with van der Waals surface area (Å²) in [5.74, 6) is -7.17. The average Bonchev–Trinajstić information content (AvgIpc) is 2.99. The lowest BCUT2D eigenvalue weighted by Crippen LogP contribution is -2.25. The van der Waals surface area contributed by atoms with Gasteiger partial charge in [-0.3, -0.25) is 0 Å². The zero-order valence-electron chi connectivity index (χ0n) is 24.9. The largest absolute Gasteiger partial charge is 0.490 e. The Morgan fingerprint density at radius 1 is 0.762 bits per heavy atom. The topological polar surface area (TPSA) is 27.7 Å². The van der Waals surface area contributed by atoms with Crippen LogP contribution in [0.1, 0.15) is 119 Å². The molecule has 4 rings (SSSR count). The Labute approximate surface area is 247 Å². The molecule has 4 unspecified atom stereocenters. The Morgan fingerprint density at radius 2 is 1.43 bits per heavy atom. The van der Waals surface area contributed by atoms with Gasteiger partial charge < -0.3 is 14.2 Å². The van der Waals surface area contributed by atoms with Crippen molar-refractivity contribution < 1.29 is 36.2 Å². The van der Waals surface area contributed by atoms with Gasteiger partial charge in [0, 0.05) is 23.8 Å². The minimum absolute atomic E-state index is 0.145. The summed E-state index contributed by atoms with van der Waals surface area (Å²) < 4.78 is 91.5. The molecule has 2 saturated heterocycles. The molecule has 2 aliphatic rings. The van der Waals surface area contributed by atoms with Gasteiger partial charge in [-0.05, 0) is 61.8 Å². The summed E-state index contributed by atoms with van der Waals surface area (Å²) in [6.45, 7) is 4.38. The second kappa shape index (κ2) is 15.5. The number of benzene rings is 2. The first-order valence-electron chi connectivity index (χ1n) is 15.7. The maximum absolute atomic E-state index is 15.0. The fourth-order valence-electron chi connectivity index (χ4n) is 6.17. The van der Waals surface area contributed by atoms with Crippen molar-refractivity contribution in [3.63, 3.8) is 0 Å². The molecule has 0 saturated carbocycles. The number of rotatable bonds is 14. The first-order chi connectivity index (χ1) is 20.2. The highest BCUT2D eigenvalue weighted by Crippen LogP contribution is 2.38. The maximum Gasteiger partial charge on any atom is 0.276 e. The van der Waals surface area contributed by atoms with Gasteiger partial charge in [-0.2, -0.15) is 4.39 Å². The number of ether oxygens (including phenoxy) is 3. The standard InChI is InChI=1S/C34H45F5O3/c1-3-5-6-7-9-27-14-10-23(21-42-27)28-15-12-25(20-30(28)35)34(38,39)18-19-40-31-17-16-29(32(36)33(31)37)24-11-13-26(8-4-2)41-22-24/h12,15-17,20,23-24,26-27H,3-11,13-14,18-19,21-22H2,1-2H3. The van der Waals surface area contributed by atoms with E-state index in [-0.39, 0.29) is 29.6 Å². The Kier molecular flexibility index (Phi) is 12.1. The predicted octanol–water partition coefficient (Wildman–Crippen LogP) is 9.96. The summed E-state index contributed by atoms with van der Waals surface area (Å²) in [5.41, 5.74) is 0.122. The second-order valence-corrected chi connectivity index (χ2v) is 11.9. The molecule has 3 nitrogen and oxygen atoms in total. The Balaban J connectivity index is 1.28. The van der Waals surface area contributed by atoms with Gasteiger partial charge >= 0.3 is 0 Å². The van der Waals surface area contributed by atoms with Crippen LogP contribution >= 0.6 is 0 Å². The number of halogens is 5. The molecule has 2 aliphatic heterocycles. The van der Waals surface area contributed by atoms with Gasteiger partial charge in [0.2, 0.25) is 5.82 Å². The van der Waals surface area contributed by atoms with Crippen LogP contribution in [-0.2, 0) is 15.4 Å². The molecule has 0 amide bonds. The first kappa shape index (κ1) is 32.7. The van der Waals surface area contributed by atoms with Crippen molar-refractivity contribution >= 4 is 0 Å². The predicted molar refractivity (Wildman–Crippen MR) is 154 cm³/mol. The lowest BCUT2D eigenvalue weighted by atomic mass is 9.88. The van der Waals surface area contributed by atoms with E-state index in [1.165, 1.54) is 43.5 Å². The molecular formula is C34H45F5O3. The van der Waals surface area contributed by atoms with Crippen LogP contribution in [0, 0.1) is 17.5 Å². The van der Waals surface area contributed by atoms with Gasteiger partial charge in [-0.15, -0.1) is 0 Å². The third-order valence-electron chi connectivity index (χ3n) is 8.78. The van der Waals surface area contributed by atoms with E-state index in [2.05, 4.69) is 13.8 Å². The van der Waals surface area contributed by atoms with Crippen LogP contribution in [0.5, 0.6) is 5.75 Å². The number of unbranched alkanes of at least 4 members (excludes halogenated alkanes) is 3. The van der Waals surface area contributed by atoms with E-state index < -0.39 is 47.7 Å². The summed E-state index contributed by atoms with van der Waals surface area (Å²) in [7, 11) is 0. The first-order valence-corrected chi connectivity index (χ1v) is 15.7. The molecule has 2 aromatic rings. The molecule has 0 aliphatic carbocycles. The molecule has 8 heteroatoms. The summed E-state index contributed by atoms with van der Waals surface area (Å²) in [6.07, 6.45) is 10.2. The molecule has 0 N–H and O–H groups in total. The lowest BCUT2D eigenvalue weighted by Gasteiger charge is -2.30. The summed E-state index contributed by atoms with van der Waals surface area (Å²) in [6, 6.07) is 6.25. The molecule has 2 heterocycles. The highest BCUT2D eigenvalue weighted by atomic mass is 19.3. The molecule has 0 spiro atoms. The van der Waals surface area contributed by atoms with Crippen molar-refractivity contribution in [2.75, 3.05) is 19.8 Å². The van der Waals surface area contributed by atoms with E-state index in [1.807, 2.05) is 0 Å². The number of alkyl halides is 2. The number of hydrogen-bond acceptors (Lipinski definition) is 3. The van der Waals surface area contributed by atoms with Crippen molar-refractivity contribution in [3.05, 3.63) is 64.5 Å². The van der Waals surface area contributed by atoms with Crippen LogP contribution in [0.3, 0.4) is 0 Å². The van der Waals surface area contributed by atoms with Crippen molar-refractivity contribution in [2.45, 2.75) is 121 Å². The molecule has 0 bridgehead atoms. The van der Waals surface area contributed by atoms with Crippen LogP contribution < -0.4 is 4.74 Å². The van der Waals surface area contributed by atoms with E-state index in [4.69, 9.17) is 14.2 Å². The third-order valence-corrected chi connectivity index (χ3v) is 8.78. The average molecular weight is 597 g/mol. The number of hydrogen-bond donors (Lipinski definition) is 0. The minimum atomic E-state index is -3.41. The van der Waals surface area contributed by atoms with Crippen LogP contribution in [0.15, 0.2) is 30.3 Å². The summed E-state index contributed by atoms with van der Waals surface area (Å²) >= 11 is 0. The summed E-state index contributed by atoms with van der Waals surface area (Å²) in [4.78, 5) is 0. The molecule has 2 aromatic carbocycles. The molecule has 42 heavy (non-hydrogen) atoms. The SMILES string of the molecule is CCCCCCC1CCC(c2ccc(C(F)(F)CCOc3ccc(C4CCC(CCC)OC4)c(F)c3F)cc2F)CO1. The third kappa shape index (κ3) is 8.46. The van der Waals surface area contributed by atoms with E-state index in [9.17, 15) is 22.0 Å². The van der Waals surface area contributed by atoms with Crippen molar-refractivity contribution in [1.82, 2.24) is 0 Å². The van der Waals surface area contributed by atoms with Gasteiger partial charge in [0.15, 0.2) is 11.6 Å². The van der Waals surface area contributed by atoms with Crippen molar-refractivity contribution in [1.29, 1.82) is 0 Å². The fourth-order valence-corrected chi connectivity index (χ4v) is 6.17. The molecular weight excluding hydrogens is 551 g/mol. The van der Waals surface area contributed by atoms with Gasteiger partial charge in [0.1, 0.15) is 5.82 Å². The summed E-state index contributed by atoms with van der Waals surface area (Å²) in [5, 5.41) is 0. The van der Waals surface area contributed by atoms with E-state index in [0.29, 0.717) is 25.2 Å². The zero-order valence-corrected chi connectivity index (χ0v) is 24.9. The molecule has 0 aromatic heterocycles. The van der Waals surface area contributed by atoms with E-state index in [1.54, 1.807) is 0 Å². The van der Waals surface area contributed by atoms with E-state index in [0.717, 1.165) is 51.0 Å². The van der Waals surface area contributed by atoms with Crippen molar-refractivity contribution in [2.24, 2.45) is 0 Å². The van der Waals surface area contributed by atoms with Gasteiger partial charge in [-0.1, -0.05) is 64.2 Å². The quantitative estimate of drug-likeness (QED) is 0.160. The van der Waals surface area contributed by atoms with Crippen molar-refractivity contribution in [3.8, 4) is 5.75 Å². The second-order valence-electron chi connectivity index (χ2n) is 11.9. The minimum Gasteiger partial charge on any atom is -0.490 e. The molecule has 0 radical (unpaired) electrons. The molecule has 234 valence electrons.